The summed E-state index contributed by atoms with van der Waals surface area (Å²) < 4.78 is 0. The van der Waals surface area contributed by atoms with Crippen LogP contribution in [0, 0.1) is 16.0 Å². The van der Waals surface area contributed by atoms with Gasteiger partial charge in [0.05, 0.1) is 4.92 Å². The van der Waals surface area contributed by atoms with Crippen LogP contribution in [0.1, 0.15) is 30.6 Å². The van der Waals surface area contributed by atoms with Crippen molar-refractivity contribution in [3.05, 3.63) is 33.9 Å². The number of carbonyl (C=O) groups is 2. The predicted molar refractivity (Wildman–Crippen MR) is 76.1 cm³/mol. The van der Waals surface area contributed by atoms with Gasteiger partial charge in [-0.1, -0.05) is 20.3 Å². The maximum Gasteiger partial charge on any atom is 0.326 e. The second-order valence-corrected chi connectivity index (χ2v) is 4.70. The van der Waals surface area contributed by atoms with Crippen LogP contribution < -0.4 is 11.1 Å². The number of amides is 1. The van der Waals surface area contributed by atoms with Gasteiger partial charge in [-0.25, -0.2) is 4.79 Å². The van der Waals surface area contributed by atoms with Gasteiger partial charge in [-0.2, -0.15) is 0 Å². The molecular formula is C13H17N3O5. The summed E-state index contributed by atoms with van der Waals surface area (Å²) in [7, 11) is 0. The molecule has 0 heterocycles. The quantitative estimate of drug-likeness (QED) is 0.516. The van der Waals surface area contributed by atoms with Crippen molar-refractivity contribution in [2.24, 2.45) is 11.7 Å². The minimum Gasteiger partial charge on any atom is -0.480 e. The number of nitro benzene ring substituents is 1. The van der Waals surface area contributed by atoms with E-state index in [2.05, 4.69) is 5.32 Å². The molecule has 0 spiro atoms. The monoisotopic (exact) mass is 295 g/mol. The van der Waals surface area contributed by atoms with E-state index in [1.54, 1.807) is 6.92 Å². The molecule has 8 heteroatoms. The predicted octanol–water partition coefficient (Wildman–Crippen LogP) is 1.60. The van der Waals surface area contributed by atoms with Gasteiger partial charge in [-0.3, -0.25) is 14.9 Å². The lowest BCUT2D eigenvalue weighted by molar-refractivity contribution is -0.384. The molecule has 0 aliphatic rings. The summed E-state index contributed by atoms with van der Waals surface area (Å²) in [5, 5.41) is 22.9. The number of anilines is 1. The standard InChI is InChI=1S/C13H17N3O5/c1-3-7(2)11(13(18)19)15-9-5-4-8(12(14)17)6-10(9)16(20)21/h4-7,11,15H,3H2,1-2H3,(H2,14,17)(H,18,19)/t7-,11-/m0/s1. The highest BCUT2D eigenvalue weighted by molar-refractivity contribution is 5.94. The molecule has 8 nitrogen and oxygen atoms in total. The first-order chi connectivity index (χ1) is 9.77. The maximum atomic E-state index is 11.3. The van der Waals surface area contributed by atoms with Gasteiger partial charge in [0.1, 0.15) is 11.7 Å². The Hall–Kier alpha value is -2.64. The molecule has 1 amide bonds. The molecule has 2 atom stereocenters. The van der Waals surface area contributed by atoms with Crippen LogP contribution in [0.25, 0.3) is 0 Å². The molecule has 4 N–H and O–H groups in total. The van der Waals surface area contributed by atoms with Crippen LogP contribution in [0.2, 0.25) is 0 Å². The topological polar surface area (TPSA) is 136 Å². The number of carboxylic acid groups (broad SMARTS) is 1. The Morgan fingerprint density at radius 1 is 1.48 bits per heavy atom. The van der Waals surface area contributed by atoms with Crippen LogP contribution >= 0.6 is 0 Å². The maximum absolute atomic E-state index is 11.3. The number of nitro groups is 1. The number of nitrogens with two attached hydrogens (primary N) is 1. The van der Waals surface area contributed by atoms with E-state index in [0.717, 1.165) is 6.07 Å². The summed E-state index contributed by atoms with van der Waals surface area (Å²) in [5.41, 5.74) is 4.72. The second kappa shape index (κ2) is 6.69. The Kier molecular flexibility index (Phi) is 5.23. The molecule has 1 aromatic rings. The number of primary amides is 1. The van der Waals surface area contributed by atoms with Crippen molar-refractivity contribution in [3.8, 4) is 0 Å². The molecular weight excluding hydrogens is 278 g/mol. The lowest BCUT2D eigenvalue weighted by Gasteiger charge is -2.21. The normalized spacial score (nSPS) is 13.2. The number of benzene rings is 1. The molecule has 0 saturated carbocycles. The Morgan fingerprint density at radius 3 is 2.52 bits per heavy atom. The third-order valence-electron chi connectivity index (χ3n) is 3.27. The van der Waals surface area contributed by atoms with Gasteiger partial charge in [0.25, 0.3) is 5.69 Å². The average Bonchev–Trinajstić information content (AvgIpc) is 2.43. The number of hydrogen-bond donors (Lipinski definition) is 3. The Bertz CT molecular complexity index is 573. The first kappa shape index (κ1) is 16.4. The Balaban J connectivity index is 3.20. The highest BCUT2D eigenvalue weighted by atomic mass is 16.6. The minimum absolute atomic E-state index is 0.0114. The zero-order valence-electron chi connectivity index (χ0n) is 11.7. The highest BCUT2D eigenvalue weighted by Crippen LogP contribution is 2.27. The molecule has 0 aliphatic heterocycles. The summed E-state index contributed by atoms with van der Waals surface area (Å²) in [6, 6.07) is 2.66. The van der Waals surface area contributed by atoms with Crippen molar-refractivity contribution in [2.75, 3.05) is 5.32 Å². The molecule has 0 fully saturated rings. The van der Waals surface area contributed by atoms with E-state index >= 15 is 0 Å². The summed E-state index contributed by atoms with van der Waals surface area (Å²) in [6.45, 7) is 3.56. The van der Waals surface area contributed by atoms with Crippen molar-refractivity contribution >= 4 is 23.3 Å². The SMILES string of the molecule is CC[C@H](C)[C@H](Nc1ccc(C(N)=O)cc1[N+](=O)[O-])C(=O)O. The van der Waals surface area contributed by atoms with Crippen LogP contribution in [-0.4, -0.2) is 27.9 Å². The molecule has 0 radical (unpaired) electrons. The van der Waals surface area contributed by atoms with Crippen molar-refractivity contribution in [1.82, 2.24) is 0 Å². The van der Waals surface area contributed by atoms with E-state index in [4.69, 9.17) is 5.73 Å². The van der Waals surface area contributed by atoms with Crippen LogP contribution in [0.15, 0.2) is 18.2 Å². The first-order valence-electron chi connectivity index (χ1n) is 6.35. The number of carboxylic acids is 1. The minimum atomic E-state index is -1.10. The number of rotatable bonds is 7. The zero-order chi connectivity index (χ0) is 16.2. The molecule has 1 aromatic carbocycles. The largest absolute Gasteiger partial charge is 0.480 e. The summed E-state index contributed by atoms with van der Waals surface area (Å²) in [6.07, 6.45) is 0.594. The number of nitrogens with one attached hydrogen (secondary N) is 1. The van der Waals surface area contributed by atoms with Gasteiger partial charge < -0.3 is 16.2 Å². The van der Waals surface area contributed by atoms with Gasteiger partial charge in [-0.15, -0.1) is 0 Å². The Morgan fingerprint density at radius 2 is 2.10 bits per heavy atom. The lowest BCUT2D eigenvalue weighted by atomic mass is 9.98. The Labute approximate surface area is 121 Å². The van der Waals surface area contributed by atoms with Crippen LogP contribution in [-0.2, 0) is 4.79 Å². The number of nitrogens with zero attached hydrogens (tertiary/aromatic N) is 1. The summed E-state index contributed by atoms with van der Waals surface area (Å²) in [4.78, 5) is 32.7. The fraction of sp³-hybridized carbons (Fsp3) is 0.385. The van der Waals surface area contributed by atoms with Gasteiger partial charge in [0.2, 0.25) is 5.91 Å². The molecule has 114 valence electrons. The molecule has 21 heavy (non-hydrogen) atoms. The molecule has 0 saturated heterocycles. The molecule has 0 bridgehead atoms. The zero-order valence-corrected chi connectivity index (χ0v) is 11.7. The smallest absolute Gasteiger partial charge is 0.326 e. The van der Waals surface area contributed by atoms with E-state index in [1.807, 2.05) is 6.92 Å². The molecule has 1 rings (SSSR count). The van der Waals surface area contributed by atoms with Crippen molar-refractivity contribution in [3.63, 3.8) is 0 Å². The lowest BCUT2D eigenvalue weighted by Crippen LogP contribution is -2.35. The van der Waals surface area contributed by atoms with Crippen LogP contribution in [0.4, 0.5) is 11.4 Å². The van der Waals surface area contributed by atoms with E-state index in [1.165, 1.54) is 12.1 Å². The average molecular weight is 295 g/mol. The van der Waals surface area contributed by atoms with Gasteiger partial charge in [0, 0.05) is 11.6 Å². The van der Waals surface area contributed by atoms with Crippen molar-refractivity contribution < 1.29 is 19.6 Å². The second-order valence-electron chi connectivity index (χ2n) is 4.70. The van der Waals surface area contributed by atoms with Crippen LogP contribution in [0.3, 0.4) is 0 Å². The highest BCUT2D eigenvalue weighted by Gasteiger charge is 2.26. The van der Waals surface area contributed by atoms with Gasteiger partial charge in [0.15, 0.2) is 0 Å². The van der Waals surface area contributed by atoms with Gasteiger partial charge in [-0.05, 0) is 18.1 Å². The summed E-state index contributed by atoms with van der Waals surface area (Å²) >= 11 is 0. The number of hydrogen-bond acceptors (Lipinski definition) is 5. The first-order valence-corrected chi connectivity index (χ1v) is 6.35. The van der Waals surface area contributed by atoms with Crippen molar-refractivity contribution in [2.45, 2.75) is 26.3 Å². The van der Waals surface area contributed by atoms with Crippen molar-refractivity contribution in [1.29, 1.82) is 0 Å². The van der Waals surface area contributed by atoms with E-state index in [0.29, 0.717) is 6.42 Å². The van der Waals surface area contributed by atoms with Gasteiger partial charge >= 0.3 is 5.97 Å². The fourth-order valence-electron chi connectivity index (χ4n) is 1.81. The summed E-state index contributed by atoms with van der Waals surface area (Å²) in [5.74, 6) is -2.11. The fourth-order valence-corrected chi connectivity index (χ4v) is 1.81. The number of aliphatic carboxylic acids is 1. The third kappa shape index (κ3) is 3.91. The third-order valence-corrected chi connectivity index (χ3v) is 3.27. The van der Waals surface area contributed by atoms with E-state index < -0.39 is 22.8 Å². The van der Waals surface area contributed by atoms with E-state index in [9.17, 15) is 24.8 Å². The molecule has 0 unspecified atom stereocenters. The molecule has 0 aliphatic carbocycles. The van der Waals surface area contributed by atoms with Crippen LogP contribution in [0.5, 0.6) is 0 Å². The van der Waals surface area contributed by atoms with E-state index in [-0.39, 0.29) is 22.9 Å². The number of carbonyl (C=O) groups excluding carboxylic acids is 1. The molecule has 0 aromatic heterocycles.